The minimum atomic E-state index is -0.108. The second-order valence-electron chi connectivity index (χ2n) is 5.03. The van der Waals surface area contributed by atoms with E-state index in [1.165, 1.54) is 5.56 Å². The lowest BCUT2D eigenvalue weighted by atomic mass is 9.85. The molecule has 0 aromatic heterocycles. The van der Waals surface area contributed by atoms with Crippen LogP contribution in [0.2, 0.25) is 0 Å². The number of hydrogen-bond acceptors (Lipinski definition) is 2. The van der Waals surface area contributed by atoms with E-state index >= 15 is 0 Å². The molecule has 0 aliphatic heterocycles. The van der Waals surface area contributed by atoms with Crippen molar-refractivity contribution in [3.63, 3.8) is 0 Å². The molecule has 0 radical (unpaired) electrons. The Balaban J connectivity index is 3.01. The first kappa shape index (κ1) is 12.6. The summed E-state index contributed by atoms with van der Waals surface area (Å²) >= 11 is 0. The van der Waals surface area contributed by atoms with Gasteiger partial charge in [-0.1, -0.05) is 45.9 Å². The first-order valence-electron chi connectivity index (χ1n) is 5.74. The van der Waals surface area contributed by atoms with Gasteiger partial charge in [0.2, 0.25) is 0 Å². The van der Waals surface area contributed by atoms with Gasteiger partial charge in [-0.3, -0.25) is 0 Å². The molecule has 0 fully saturated rings. The summed E-state index contributed by atoms with van der Waals surface area (Å²) < 4.78 is 0. The maximum atomic E-state index is 8.97. The van der Waals surface area contributed by atoms with Crippen LogP contribution in [0.25, 0.3) is 0 Å². The molecule has 0 bridgehead atoms. The van der Waals surface area contributed by atoms with E-state index in [2.05, 4.69) is 38.2 Å². The Bertz CT molecular complexity index is 382. The van der Waals surface area contributed by atoms with Crippen LogP contribution in [0, 0.1) is 11.3 Å². The van der Waals surface area contributed by atoms with Gasteiger partial charge in [-0.25, -0.2) is 0 Å². The zero-order chi connectivity index (χ0) is 12.2. The number of nitrogens with zero attached hydrogens (tertiary/aromatic N) is 1. The van der Waals surface area contributed by atoms with E-state index in [1.807, 2.05) is 25.1 Å². The van der Waals surface area contributed by atoms with Crippen molar-refractivity contribution in [2.24, 2.45) is 0 Å². The number of nitriles is 1. The van der Waals surface area contributed by atoms with Crippen molar-refractivity contribution < 1.29 is 0 Å². The van der Waals surface area contributed by atoms with Crippen molar-refractivity contribution >= 4 is 5.69 Å². The highest BCUT2D eigenvalue weighted by atomic mass is 14.9. The summed E-state index contributed by atoms with van der Waals surface area (Å²) in [4.78, 5) is 0. The number of rotatable bonds is 3. The normalized spacial score (nSPS) is 12.9. The van der Waals surface area contributed by atoms with Crippen molar-refractivity contribution in [3.8, 4) is 6.07 Å². The average molecular weight is 216 g/mol. The summed E-state index contributed by atoms with van der Waals surface area (Å²) in [7, 11) is 0. The molecule has 1 rings (SSSR count). The smallest absolute Gasteiger partial charge is 0.114 e. The van der Waals surface area contributed by atoms with Crippen LogP contribution in [-0.2, 0) is 5.41 Å². The second-order valence-corrected chi connectivity index (χ2v) is 5.03. The van der Waals surface area contributed by atoms with E-state index in [-0.39, 0.29) is 11.5 Å². The van der Waals surface area contributed by atoms with E-state index in [1.54, 1.807) is 0 Å². The summed E-state index contributed by atoms with van der Waals surface area (Å²) in [6.07, 6.45) is 0.814. The van der Waals surface area contributed by atoms with Crippen LogP contribution in [0.3, 0.4) is 0 Å². The Morgan fingerprint density at radius 2 is 1.94 bits per heavy atom. The van der Waals surface area contributed by atoms with Crippen LogP contribution < -0.4 is 5.32 Å². The highest BCUT2D eigenvalue weighted by molar-refractivity contribution is 5.55. The Morgan fingerprint density at radius 1 is 1.31 bits per heavy atom. The van der Waals surface area contributed by atoms with Gasteiger partial charge in [-0.05, 0) is 23.5 Å². The largest absolute Gasteiger partial charge is 0.370 e. The monoisotopic (exact) mass is 216 g/mol. The Kier molecular flexibility index (Phi) is 3.95. The first-order chi connectivity index (χ1) is 7.49. The third-order valence-corrected chi connectivity index (χ3v) is 2.63. The third kappa shape index (κ3) is 3.00. The Morgan fingerprint density at radius 3 is 2.44 bits per heavy atom. The fourth-order valence-corrected chi connectivity index (χ4v) is 1.68. The van der Waals surface area contributed by atoms with Crippen LogP contribution in [0.4, 0.5) is 5.69 Å². The number of anilines is 1. The zero-order valence-corrected chi connectivity index (χ0v) is 10.5. The molecule has 2 heteroatoms. The molecular formula is C14H20N2. The van der Waals surface area contributed by atoms with Crippen LogP contribution in [-0.4, -0.2) is 6.04 Å². The van der Waals surface area contributed by atoms with Gasteiger partial charge in [0.1, 0.15) is 6.04 Å². The molecule has 1 unspecified atom stereocenters. The van der Waals surface area contributed by atoms with Crippen molar-refractivity contribution in [3.05, 3.63) is 29.8 Å². The van der Waals surface area contributed by atoms with Crippen LogP contribution >= 0.6 is 0 Å². The van der Waals surface area contributed by atoms with Gasteiger partial charge in [-0.2, -0.15) is 5.26 Å². The number of nitrogens with one attached hydrogen (secondary N) is 1. The maximum Gasteiger partial charge on any atom is 0.114 e. The SMILES string of the molecule is CCC(C#N)Nc1ccccc1C(C)(C)C. The quantitative estimate of drug-likeness (QED) is 0.836. The molecule has 0 saturated carbocycles. The molecule has 86 valence electrons. The number of para-hydroxylation sites is 1. The van der Waals surface area contributed by atoms with Gasteiger partial charge in [0.05, 0.1) is 6.07 Å². The molecule has 16 heavy (non-hydrogen) atoms. The fraction of sp³-hybridized carbons (Fsp3) is 0.500. The van der Waals surface area contributed by atoms with Gasteiger partial charge in [-0.15, -0.1) is 0 Å². The van der Waals surface area contributed by atoms with Gasteiger partial charge in [0.25, 0.3) is 0 Å². The lowest BCUT2D eigenvalue weighted by molar-refractivity contribution is 0.591. The maximum absolute atomic E-state index is 8.97. The van der Waals surface area contributed by atoms with Crippen molar-refractivity contribution in [1.29, 1.82) is 5.26 Å². The minimum absolute atomic E-state index is 0.0946. The van der Waals surface area contributed by atoms with Gasteiger partial charge in [0, 0.05) is 5.69 Å². The molecule has 1 aromatic rings. The molecular weight excluding hydrogens is 196 g/mol. The summed E-state index contributed by atoms with van der Waals surface area (Å²) in [5, 5.41) is 12.3. The number of benzene rings is 1. The first-order valence-corrected chi connectivity index (χ1v) is 5.74. The van der Waals surface area contributed by atoms with Crippen molar-refractivity contribution in [2.75, 3.05) is 5.32 Å². The summed E-state index contributed by atoms with van der Waals surface area (Å²) in [5.41, 5.74) is 2.42. The molecule has 1 atom stereocenters. The van der Waals surface area contributed by atoms with E-state index < -0.39 is 0 Å². The molecule has 0 heterocycles. The minimum Gasteiger partial charge on any atom is -0.370 e. The molecule has 0 aliphatic carbocycles. The van der Waals surface area contributed by atoms with Crippen LogP contribution in [0.5, 0.6) is 0 Å². The van der Waals surface area contributed by atoms with Crippen LogP contribution in [0.1, 0.15) is 39.7 Å². The predicted octanol–water partition coefficient (Wildman–Crippen LogP) is 3.70. The average Bonchev–Trinajstić information content (AvgIpc) is 2.25. The molecule has 0 aliphatic rings. The van der Waals surface area contributed by atoms with E-state index in [0.29, 0.717) is 0 Å². The number of hydrogen-bond donors (Lipinski definition) is 1. The molecule has 1 N–H and O–H groups in total. The highest BCUT2D eigenvalue weighted by Gasteiger charge is 2.18. The van der Waals surface area contributed by atoms with Gasteiger partial charge in [0.15, 0.2) is 0 Å². The van der Waals surface area contributed by atoms with Crippen LogP contribution in [0.15, 0.2) is 24.3 Å². The third-order valence-electron chi connectivity index (χ3n) is 2.63. The van der Waals surface area contributed by atoms with E-state index in [0.717, 1.165) is 12.1 Å². The molecule has 2 nitrogen and oxygen atoms in total. The highest BCUT2D eigenvalue weighted by Crippen LogP contribution is 2.29. The summed E-state index contributed by atoms with van der Waals surface area (Å²) in [6.45, 7) is 8.56. The lowest BCUT2D eigenvalue weighted by Gasteiger charge is -2.24. The standard InChI is InChI=1S/C14H20N2/c1-5-11(10-15)16-13-9-7-6-8-12(13)14(2,3)4/h6-9,11,16H,5H2,1-4H3. The molecule has 1 aromatic carbocycles. The summed E-state index contributed by atoms with van der Waals surface area (Å²) in [6, 6.07) is 10.4. The van der Waals surface area contributed by atoms with Crippen molar-refractivity contribution in [1.82, 2.24) is 0 Å². The van der Waals surface area contributed by atoms with Crippen molar-refractivity contribution in [2.45, 2.75) is 45.6 Å². The van der Waals surface area contributed by atoms with Gasteiger partial charge < -0.3 is 5.32 Å². The Labute approximate surface area is 98.3 Å². The fourth-order valence-electron chi connectivity index (χ4n) is 1.68. The Hall–Kier alpha value is -1.49. The zero-order valence-electron chi connectivity index (χ0n) is 10.5. The summed E-state index contributed by atoms with van der Waals surface area (Å²) in [5.74, 6) is 0. The van der Waals surface area contributed by atoms with Gasteiger partial charge >= 0.3 is 0 Å². The molecule has 0 amide bonds. The molecule has 0 saturated heterocycles. The topological polar surface area (TPSA) is 35.8 Å². The lowest BCUT2D eigenvalue weighted by Crippen LogP contribution is -2.20. The van der Waals surface area contributed by atoms with E-state index in [9.17, 15) is 0 Å². The predicted molar refractivity (Wildman–Crippen MR) is 68.5 cm³/mol. The van der Waals surface area contributed by atoms with E-state index in [4.69, 9.17) is 5.26 Å². The second kappa shape index (κ2) is 5.03. The molecule has 0 spiro atoms.